The van der Waals surface area contributed by atoms with Crippen LogP contribution in [0.4, 0.5) is 17.1 Å². The maximum atomic E-state index is 13.2. The third kappa shape index (κ3) is 5.84. The molecule has 1 N–H and O–H groups in total. The smallest absolute Gasteiger partial charge is 0.265 e. The number of carbonyl (C=O) groups excluding carboxylic acids is 1. The van der Waals surface area contributed by atoms with Gasteiger partial charge in [0, 0.05) is 75.4 Å². The van der Waals surface area contributed by atoms with Crippen LogP contribution in [-0.4, -0.2) is 102 Å². The Bertz CT molecular complexity index is 1250. The van der Waals surface area contributed by atoms with Crippen molar-refractivity contribution < 1.29 is 22.7 Å². The number of likely N-dealkylation sites (N-methyl/N-ethyl adjacent to an activating group) is 1. The molecule has 2 fully saturated rings. The first kappa shape index (κ1) is 26.6. The van der Waals surface area contributed by atoms with Crippen molar-refractivity contribution in [2.45, 2.75) is 18.9 Å². The average molecular weight is 544 g/mol. The Kier molecular flexibility index (Phi) is 7.69. The molecular weight excluding hydrogens is 506 g/mol. The molecule has 1 unspecified atom stereocenters. The van der Waals surface area contributed by atoms with E-state index in [1.165, 1.54) is 10.6 Å². The first-order chi connectivity index (χ1) is 18.2. The summed E-state index contributed by atoms with van der Waals surface area (Å²) in [6.45, 7) is 5.94. The van der Waals surface area contributed by atoms with Crippen LogP contribution in [-0.2, 0) is 21.2 Å². The number of nitrogens with zero attached hydrogens (tertiary/aromatic N) is 4. The average Bonchev–Trinajstić information content (AvgIpc) is 2.92. The zero-order valence-electron chi connectivity index (χ0n) is 22.4. The molecule has 10 nitrogen and oxygen atoms in total. The Morgan fingerprint density at radius 1 is 0.974 bits per heavy atom. The second-order valence-corrected chi connectivity index (χ2v) is 12.2. The van der Waals surface area contributed by atoms with Crippen LogP contribution in [0.3, 0.4) is 0 Å². The van der Waals surface area contributed by atoms with Crippen LogP contribution < -0.4 is 24.6 Å². The molecule has 0 spiro atoms. The lowest BCUT2D eigenvalue weighted by Crippen LogP contribution is -2.48. The number of rotatable bonds is 6. The van der Waals surface area contributed by atoms with Gasteiger partial charge in [-0.15, -0.1) is 0 Å². The highest BCUT2D eigenvalue weighted by molar-refractivity contribution is 7.88. The number of hydrogen-bond donors (Lipinski definition) is 1. The summed E-state index contributed by atoms with van der Waals surface area (Å²) in [5.74, 6) is 1.43. The van der Waals surface area contributed by atoms with Crippen LogP contribution >= 0.6 is 0 Å². The minimum Gasteiger partial charge on any atom is -0.497 e. The molecule has 3 aliphatic rings. The molecular formula is C27H37N5O5S. The van der Waals surface area contributed by atoms with Gasteiger partial charge in [0.15, 0.2) is 6.10 Å². The van der Waals surface area contributed by atoms with Crippen molar-refractivity contribution >= 4 is 33.0 Å². The van der Waals surface area contributed by atoms with Gasteiger partial charge in [-0.1, -0.05) is 0 Å². The van der Waals surface area contributed by atoms with E-state index in [-0.39, 0.29) is 5.91 Å². The van der Waals surface area contributed by atoms with E-state index >= 15 is 0 Å². The normalized spacial score (nSPS) is 21.0. The number of sulfonamides is 1. The molecule has 3 heterocycles. The van der Waals surface area contributed by atoms with Crippen molar-refractivity contribution in [2.24, 2.45) is 0 Å². The van der Waals surface area contributed by atoms with Crippen molar-refractivity contribution in [1.82, 2.24) is 9.21 Å². The number of aryl methyl sites for hydroxylation is 1. The number of carbonyl (C=O) groups is 1. The van der Waals surface area contributed by atoms with Crippen LogP contribution in [0.1, 0.15) is 12.0 Å². The SMILES string of the molecule is COc1cc2c(c(N3CCN(C)CC3)c1)OC(C(=O)Nc1ccc(N3CCN(S(C)(=O)=O)CC3)cc1)CC2. The monoisotopic (exact) mass is 543 g/mol. The number of fused-ring (bicyclic) bond motifs is 1. The molecule has 0 radical (unpaired) electrons. The quantitative estimate of drug-likeness (QED) is 0.590. The van der Waals surface area contributed by atoms with Crippen molar-refractivity contribution in [2.75, 3.05) is 87.9 Å². The van der Waals surface area contributed by atoms with Crippen LogP contribution in [0.15, 0.2) is 36.4 Å². The fraction of sp³-hybridized carbons (Fsp3) is 0.519. The predicted octanol–water partition coefficient (Wildman–Crippen LogP) is 1.86. The van der Waals surface area contributed by atoms with E-state index in [1.54, 1.807) is 7.11 Å². The highest BCUT2D eigenvalue weighted by Gasteiger charge is 2.31. The maximum absolute atomic E-state index is 13.2. The molecule has 2 aromatic rings. The molecule has 206 valence electrons. The van der Waals surface area contributed by atoms with Gasteiger partial charge in [-0.3, -0.25) is 4.79 Å². The standard InChI is InChI=1S/C27H37N5O5S/c1-29-10-12-31(13-11-29)24-19-23(36-2)18-20-4-9-25(37-26(20)24)27(33)28-21-5-7-22(8-6-21)30-14-16-32(17-15-30)38(3,34)35/h5-8,18-19,25H,4,9-17H2,1-3H3,(H,28,33). The molecule has 2 aromatic carbocycles. The highest BCUT2D eigenvalue weighted by Crippen LogP contribution is 2.41. The van der Waals surface area contributed by atoms with E-state index in [1.807, 2.05) is 36.4 Å². The summed E-state index contributed by atoms with van der Waals surface area (Å²) in [5, 5.41) is 3.01. The maximum Gasteiger partial charge on any atom is 0.265 e. The van der Waals surface area contributed by atoms with Crippen molar-refractivity contribution in [3.05, 3.63) is 42.0 Å². The fourth-order valence-corrected chi connectivity index (χ4v) is 6.12. The number of hydrogen-bond acceptors (Lipinski definition) is 8. The Balaban J connectivity index is 1.23. The summed E-state index contributed by atoms with van der Waals surface area (Å²) >= 11 is 0. The molecule has 38 heavy (non-hydrogen) atoms. The highest BCUT2D eigenvalue weighted by atomic mass is 32.2. The van der Waals surface area contributed by atoms with Crippen LogP contribution in [0.25, 0.3) is 0 Å². The molecule has 1 atom stereocenters. The summed E-state index contributed by atoms with van der Waals surface area (Å²) in [6, 6.07) is 11.7. The van der Waals surface area contributed by atoms with Crippen LogP contribution in [0.5, 0.6) is 11.5 Å². The van der Waals surface area contributed by atoms with Crippen molar-refractivity contribution in [1.29, 1.82) is 0 Å². The molecule has 0 saturated carbocycles. The number of benzene rings is 2. The summed E-state index contributed by atoms with van der Waals surface area (Å²) in [4.78, 5) is 20.0. The van der Waals surface area contributed by atoms with E-state index in [2.05, 4.69) is 27.1 Å². The molecule has 0 aromatic heterocycles. The van der Waals surface area contributed by atoms with Gasteiger partial charge in [-0.05, 0) is 50.2 Å². The van der Waals surface area contributed by atoms with E-state index in [9.17, 15) is 13.2 Å². The molecule has 11 heteroatoms. The third-order valence-corrected chi connectivity index (χ3v) is 8.94. The van der Waals surface area contributed by atoms with Gasteiger partial charge >= 0.3 is 0 Å². The van der Waals surface area contributed by atoms with Gasteiger partial charge in [0.25, 0.3) is 5.91 Å². The lowest BCUT2D eigenvalue weighted by molar-refractivity contribution is -0.123. The lowest BCUT2D eigenvalue weighted by Gasteiger charge is -2.37. The van der Waals surface area contributed by atoms with Gasteiger partial charge in [-0.2, -0.15) is 4.31 Å². The van der Waals surface area contributed by atoms with E-state index in [4.69, 9.17) is 9.47 Å². The van der Waals surface area contributed by atoms with Crippen LogP contribution in [0, 0.1) is 0 Å². The number of methoxy groups -OCH3 is 1. The number of amides is 1. The van der Waals surface area contributed by atoms with E-state index < -0.39 is 16.1 Å². The largest absolute Gasteiger partial charge is 0.497 e. The van der Waals surface area contributed by atoms with Crippen molar-refractivity contribution in [3.8, 4) is 11.5 Å². The zero-order chi connectivity index (χ0) is 26.9. The first-order valence-electron chi connectivity index (χ1n) is 13.1. The number of ether oxygens (including phenoxy) is 2. The third-order valence-electron chi connectivity index (χ3n) is 7.64. The summed E-state index contributed by atoms with van der Waals surface area (Å²) < 4.78 is 36.9. The van der Waals surface area contributed by atoms with Gasteiger partial charge in [0.2, 0.25) is 10.0 Å². The first-order valence-corrected chi connectivity index (χ1v) is 15.0. The van der Waals surface area contributed by atoms with Gasteiger partial charge < -0.3 is 29.5 Å². The molecule has 3 aliphatic heterocycles. The Morgan fingerprint density at radius 2 is 1.63 bits per heavy atom. The van der Waals surface area contributed by atoms with Crippen LogP contribution in [0.2, 0.25) is 0 Å². The second-order valence-electron chi connectivity index (χ2n) is 10.3. The zero-order valence-corrected chi connectivity index (χ0v) is 23.2. The van der Waals surface area contributed by atoms with E-state index in [0.717, 1.165) is 61.0 Å². The number of nitrogens with one attached hydrogen (secondary N) is 1. The molecule has 0 bridgehead atoms. The predicted molar refractivity (Wildman–Crippen MR) is 149 cm³/mol. The number of piperazine rings is 2. The Labute approximate surface area is 225 Å². The van der Waals surface area contributed by atoms with Gasteiger partial charge in [-0.25, -0.2) is 8.42 Å². The van der Waals surface area contributed by atoms with Gasteiger partial charge in [0.1, 0.15) is 11.5 Å². The molecule has 5 rings (SSSR count). The summed E-state index contributed by atoms with van der Waals surface area (Å²) in [6.07, 6.45) is 2.00. The van der Waals surface area contributed by atoms with Crippen molar-refractivity contribution in [3.63, 3.8) is 0 Å². The molecule has 1 amide bonds. The van der Waals surface area contributed by atoms with Gasteiger partial charge in [0.05, 0.1) is 19.1 Å². The number of anilines is 3. The topological polar surface area (TPSA) is 94.7 Å². The minimum absolute atomic E-state index is 0.162. The minimum atomic E-state index is -3.16. The fourth-order valence-electron chi connectivity index (χ4n) is 5.29. The summed E-state index contributed by atoms with van der Waals surface area (Å²) in [5.41, 5.74) is 3.77. The second kappa shape index (κ2) is 11.0. The Morgan fingerprint density at radius 3 is 2.26 bits per heavy atom. The lowest BCUT2D eigenvalue weighted by atomic mass is 9.99. The Hall–Kier alpha value is -3.02. The molecule has 0 aliphatic carbocycles. The molecule has 2 saturated heterocycles. The van der Waals surface area contributed by atoms with E-state index in [0.29, 0.717) is 38.3 Å². The summed E-state index contributed by atoms with van der Waals surface area (Å²) in [7, 11) is 0.643.